The Morgan fingerprint density at radius 1 is 1.23 bits per heavy atom. The Bertz CT molecular complexity index is 738. The van der Waals surface area contributed by atoms with Crippen LogP contribution in [-0.2, 0) is 0 Å². The maximum atomic E-state index is 12.0. The first-order valence-electron chi connectivity index (χ1n) is 8.80. The Kier molecular flexibility index (Phi) is 5.99. The SMILES string of the molecule is O=C(NC[C@@]1(O)CCCNC1)Nc1ccc(/C=C/c2ccccn2)cc1. The molecule has 0 bridgehead atoms. The molecule has 3 rings (SSSR count). The minimum Gasteiger partial charge on any atom is -0.387 e. The van der Waals surface area contributed by atoms with Crippen LogP contribution in [0.25, 0.3) is 12.2 Å². The zero-order valence-corrected chi connectivity index (χ0v) is 14.6. The summed E-state index contributed by atoms with van der Waals surface area (Å²) >= 11 is 0. The lowest BCUT2D eigenvalue weighted by Crippen LogP contribution is -2.53. The van der Waals surface area contributed by atoms with Gasteiger partial charge in [0.1, 0.15) is 0 Å². The molecule has 6 nitrogen and oxygen atoms in total. The predicted octanol–water partition coefficient (Wildman–Crippen LogP) is 2.49. The number of aromatic nitrogens is 1. The first-order valence-corrected chi connectivity index (χ1v) is 8.80. The van der Waals surface area contributed by atoms with Crippen LogP contribution in [-0.4, -0.2) is 41.4 Å². The van der Waals surface area contributed by atoms with Gasteiger partial charge in [0.15, 0.2) is 0 Å². The van der Waals surface area contributed by atoms with Crippen LogP contribution in [0.1, 0.15) is 24.1 Å². The molecule has 0 saturated carbocycles. The van der Waals surface area contributed by atoms with Crippen molar-refractivity contribution in [1.82, 2.24) is 15.6 Å². The fraction of sp³-hybridized carbons (Fsp3) is 0.300. The molecular formula is C20H24N4O2. The number of carbonyl (C=O) groups excluding carboxylic acids is 1. The molecule has 1 saturated heterocycles. The minimum atomic E-state index is -0.865. The van der Waals surface area contributed by atoms with Gasteiger partial charge in [0, 0.05) is 25.0 Å². The van der Waals surface area contributed by atoms with E-state index in [-0.39, 0.29) is 12.6 Å². The van der Waals surface area contributed by atoms with Gasteiger partial charge >= 0.3 is 6.03 Å². The molecule has 1 aliphatic heterocycles. The smallest absolute Gasteiger partial charge is 0.319 e. The lowest BCUT2D eigenvalue weighted by molar-refractivity contribution is 0.0198. The number of urea groups is 1. The molecule has 1 fully saturated rings. The molecule has 2 aromatic rings. The van der Waals surface area contributed by atoms with E-state index in [1.807, 2.05) is 54.6 Å². The molecule has 6 heteroatoms. The number of carbonyl (C=O) groups is 1. The third kappa shape index (κ3) is 5.40. The quantitative estimate of drug-likeness (QED) is 0.666. The van der Waals surface area contributed by atoms with E-state index in [1.54, 1.807) is 6.20 Å². The lowest BCUT2D eigenvalue weighted by Gasteiger charge is -2.32. The van der Waals surface area contributed by atoms with Crippen LogP contribution in [0.4, 0.5) is 10.5 Å². The Morgan fingerprint density at radius 2 is 2.08 bits per heavy atom. The standard InChI is InChI=1S/C20H24N4O2/c25-19(23-15-20(26)11-3-12-21-14-20)24-18-9-6-16(7-10-18)5-8-17-4-1-2-13-22-17/h1-2,4-10,13,21,26H,3,11-12,14-15H2,(H2,23,24,25)/b8-5+/t20-/m1/s1. The molecular weight excluding hydrogens is 328 g/mol. The number of hydrogen-bond acceptors (Lipinski definition) is 4. The number of β-amino-alcohol motifs (C(OH)–C–C–N with tert-alkyl or cyclic N) is 1. The first kappa shape index (κ1) is 18.1. The van der Waals surface area contributed by atoms with Gasteiger partial charge in [-0.3, -0.25) is 4.98 Å². The zero-order chi connectivity index (χ0) is 18.2. The van der Waals surface area contributed by atoms with Crippen molar-refractivity contribution in [3.8, 4) is 0 Å². The number of nitrogens with one attached hydrogen (secondary N) is 3. The summed E-state index contributed by atoms with van der Waals surface area (Å²) in [6.45, 7) is 1.65. The normalized spacial score (nSPS) is 20.0. The highest BCUT2D eigenvalue weighted by atomic mass is 16.3. The highest BCUT2D eigenvalue weighted by molar-refractivity contribution is 5.89. The number of benzene rings is 1. The number of hydrogen-bond donors (Lipinski definition) is 4. The summed E-state index contributed by atoms with van der Waals surface area (Å²) in [6.07, 6.45) is 7.27. The van der Waals surface area contributed by atoms with Crippen molar-refractivity contribution < 1.29 is 9.90 Å². The van der Waals surface area contributed by atoms with E-state index in [0.717, 1.165) is 24.2 Å². The first-order chi connectivity index (χ1) is 12.6. The topological polar surface area (TPSA) is 86.3 Å². The number of amides is 2. The van der Waals surface area contributed by atoms with Gasteiger partial charge in [-0.05, 0) is 55.3 Å². The second-order valence-electron chi connectivity index (χ2n) is 6.52. The molecule has 1 aliphatic rings. The largest absolute Gasteiger partial charge is 0.387 e. The number of piperidine rings is 1. The van der Waals surface area contributed by atoms with Crippen LogP contribution in [0.5, 0.6) is 0 Å². The van der Waals surface area contributed by atoms with E-state index in [1.165, 1.54) is 0 Å². The second kappa shape index (κ2) is 8.60. The van der Waals surface area contributed by atoms with Crippen molar-refractivity contribution in [2.75, 3.05) is 25.0 Å². The monoisotopic (exact) mass is 352 g/mol. The summed E-state index contributed by atoms with van der Waals surface area (Å²) in [5.74, 6) is 0. The molecule has 4 N–H and O–H groups in total. The van der Waals surface area contributed by atoms with Crippen molar-refractivity contribution >= 4 is 23.9 Å². The van der Waals surface area contributed by atoms with E-state index in [4.69, 9.17) is 0 Å². The average Bonchev–Trinajstić information content (AvgIpc) is 2.67. The summed E-state index contributed by atoms with van der Waals surface area (Å²) in [7, 11) is 0. The number of aliphatic hydroxyl groups is 1. The summed E-state index contributed by atoms with van der Waals surface area (Å²) in [5, 5.41) is 19.0. The Balaban J connectivity index is 1.49. The Labute approximate surface area is 153 Å². The van der Waals surface area contributed by atoms with Gasteiger partial charge in [-0.25, -0.2) is 4.79 Å². The molecule has 1 aromatic heterocycles. The molecule has 2 amide bonds. The lowest BCUT2D eigenvalue weighted by atomic mass is 9.94. The highest BCUT2D eigenvalue weighted by Crippen LogP contribution is 2.15. The molecule has 1 aromatic carbocycles. The molecule has 0 spiro atoms. The van der Waals surface area contributed by atoms with Crippen molar-refractivity contribution in [3.05, 3.63) is 59.9 Å². The Hall–Kier alpha value is -2.70. The molecule has 0 aliphatic carbocycles. The van der Waals surface area contributed by atoms with Gasteiger partial charge in [0.25, 0.3) is 0 Å². The van der Waals surface area contributed by atoms with Crippen LogP contribution in [0.3, 0.4) is 0 Å². The molecule has 0 unspecified atom stereocenters. The van der Waals surface area contributed by atoms with E-state index in [9.17, 15) is 9.90 Å². The Morgan fingerprint density at radius 3 is 2.77 bits per heavy atom. The maximum absolute atomic E-state index is 12.0. The van der Waals surface area contributed by atoms with Gasteiger partial charge < -0.3 is 21.1 Å². The molecule has 0 radical (unpaired) electrons. The van der Waals surface area contributed by atoms with E-state index in [2.05, 4.69) is 20.9 Å². The predicted molar refractivity (Wildman–Crippen MR) is 104 cm³/mol. The third-order valence-electron chi connectivity index (χ3n) is 4.33. The highest BCUT2D eigenvalue weighted by Gasteiger charge is 2.29. The number of rotatable bonds is 5. The average molecular weight is 352 g/mol. The zero-order valence-electron chi connectivity index (χ0n) is 14.6. The van der Waals surface area contributed by atoms with Crippen LogP contribution in [0.2, 0.25) is 0 Å². The number of pyridine rings is 1. The van der Waals surface area contributed by atoms with Crippen LogP contribution < -0.4 is 16.0 Å². The minimum absolute atomic E-state index is 0.233. The summed E-state index contributed by atoms with van der Waals surface area (Å²) in [5.41, 5.74) is 1.75. The third-order valence-corrected chi connectivity index (χ3v) is 4.33. The van der Waals surface area contributed by atoms with Gasteiger partial charge in [-0.15, -0.1) is 0 Å². The number of anilines is 1. The van der Waals surface area contributed by atoms with Crippen LogP contribution in [0.15, 0.2) is 48.7 Å². The summed E-state index contributed by atoms with van der Waals surface area (Å²) in [4.78, 5) is 16.3. The molecule has 136 valence electrons. The van der Waals surface area contributed by atoms with Crippen molar-refractivity contribution in [3.63, 3.8) is 0 Å². The van der Waals surface area contributed by atoms with Crippen molar-refractivity contribution in [2.24, 2.45) is 0 Å². The fourth-order valence-corrected chi connectivity index (χ4v) is 2.86. The summed E-state index contributed by atoms with van der Waals surface area (Å²) in [6, 6.07) is 13.0. The maximum Gasteiger partial charge on any atom is 0.319 e. The van der Waals surface area contributed by atoms with E-state index < -0.39 is 5.60 Å². The second-order valence-corrected chi connectivity index (χ2v) is 6.52. The van der Waals surface area contributed by atoms with E-state index in [0.29, 0.717) is 18.7 Å². The van der Waals surface area contributed by atoms with Gasteiger partial charge in [0.05, 0.1) is 11.3 Å². The summed E-state index contributed by atoms with van der Waals surface area (Å²) < 4.78 is 0. The van der Waals surface area contributed by atoms with Gasteiger partial charge in [-0.1, -0.05) is 24.3 Å². The molecule has 2 heterocycles. The van der Waals surface area contributed by atoms with Crippen LogP contribution in [0, 0.1) is 0 Å². The van der Waals surface area contributed by atoms with Crippen LogP contribution >= 0.6 is 0 Å². The number of nitrogens with zero attached hydrogens (tertiary/aromatic N) is 1. The van der Waals surface area contributed by atoms with Crippen molar-refractivity contribution in [2.45, 2.75) is 18.4 Å². The molecule has 26 heavy (non-hydrogen) atoms. The molecule has 1 atom stereocenters. The van der Waals surface area contributed by atoms with Gasteiger partial charge in [-0.2, -0.15) is 0 Å². The van der Waals surface area contributed by atoms with Crippen molar-refractivity contribution in [1.29, 1.82) is 0 Å². The fourth-order valence-electron chi connectivity index (χ4n) is 2.86. The van der Waals surface area contributed by atoms with Gasteiger partial charge in [0.2, 0.25) is 0 Å². The van der Waals surface area contributed by atoms with E-state index >= 15 is 0 Å².